The number of carbonyl (C=O) groups excluding carboxylic acids is 3. The summed E-state index contributed by atoms with van der Waals surface area (Å²) in [5.74, 6) is -0.855. The van der Waals surface area contributed by atoms with Gasteiger partial charge in [-0.25, -0.2) is 9.18 Å². The molecule has 2 aromatic carbocycles. The monoisotopic (exact) mass is 492 g/mol. The largest absolute Gasteiger partial charge is 0.326 e. The predicted molar refractivity (Wildman–Crippen MR) is 137 cm³/mol. The first kappa shape index (κ1) is 25.4. The third-order valence-electron chi connectivity index (χ3n) is 6.79. The van der Waals surface area contributed by atoms with Crippen molar-refractivity contribution in [3.05, 3.63) is 76.2 Å². The standard InChI is InChI=1S/C28H33FN4O3/c1-6-32-23-15-33(22(13-16(2)3)26(34)30-20-10-8-19(29)9-11-20)27(35)24(23)25(31-28(32)36)21-12-7-17(4)14-18(21)5/h7-12,14,16,22,25H,6,13,15H2,1-5H3,(H,30,34)(H,31,36)/t22-,25+/m0/s1. The Hall–Kier alpha value is -3.68. The van der Waals surface area contributed by atoms with Gasteiger partial charge in [-0.3, -0.25) is 14.5 Å². The molecule has 190 valence electrons. The molecule has 0 unspecified atom stereocenters. The van der Waals surface area contributed by atoms with E-state index in [9.17, 15) is 18.8 Å². The second-order valence-electron chi connectivity index (χ2n) is 9.92. The molecule has 0 radical (unpaired) electrons. The molecule has 36 heavy (non-hydrogen) atoms. The molecule has 4 rings (SSSR count). The zero-order valence-corrected chi connectivity index (χ0v) is 21.4. The zero-order chi connectivity index (χ0) is 26.1. The number of carbonyl (C=O) groups is 3. The third-order valence-corrected chi connectivity index (χ3v) is 6.79. The van der Waals surface area contributed by atoms with Crippen LogP contribution in [-0.4, -0.2) is 46.8 Å². The number of rotatable bonds is 7. The summed E-state index contributed by atoms with van der Waals surface area (Å²) in [4.78, 5) is 43.6. The van der Waals surface area contributed by atoms with Crippen molar-refractivity contribution in [2.45, 2.75) is 53.1 Å². The van der Waals surface area contributed by atoms with Crippen LogP contribution in [0.25, 0.3) is 0 Å². The maximum Gasteiger partial charge on any atom is 0.322 e. The van der Waals surface area contributed by atoms with Gasteiger partial charge in [-0.05, 0) is 68.5 Å². The number of nitrogens with zero attached hydrogens (tertiary/aromatic N) is 2. The summed E-state index contributed by atoms with van der Waals surface area (Å²) in [6.45, 7) is 10.4. The van der Waals surface area contributed by atoms with Crippen LogP contribution in [0.2, 0.25) is 0 Å². The molecule has 0 saturated carbocycles. The van der Waals surface area contributed by atoms with Gasteiger partial charge in [0, 0.05) is 12.2 Å². The maximum absolute atomic E-state index is 14.0. The number of hydrogen-bond donors (Lipinski definition) is 2. The quantitative estimate of drug-likeness (QED) is 0.589. The van der Waals surface area contributed by atoms with E-state index in [2.05, 4.69) is 10.6 Å². The number of likely N-dealkylation sites (N-methyl/N-ethyl adjacent to an activating group) is 1. The maximum atomic E-state index is 14.0. The van der Waals surface area contributed by atoms with Gasteiger partial charge in [0.2, 0.25) is 5.91 Å². The van der Waals surface area contributed by atoms with Crippen molar-refractivity contribution in [1.82, 2.24) is 15.1 Å². The molecule has 7 nitrogen and oxygen atoms in total. The van der Waals surface area contributed by atoms with Crippen LogP contribution in [-0.2, 0) is 9.59 Å². The number of benzene rings is 2. The zero-order valence-electron chi connectivity index (χ0n) is 21.4. The van der Waals surface area contributed by atoms with E-state index >= 15 is 0 Å². The Balaban J connectivity index is 1.70. The summed E-state index contributed by atoms with van der Waals surface area (Å²) in [5, 5.41) is 5.85. The molecule has 0 aromatic heterocycles. The number of anilines is 1. The van der Waals surface area contributed by atoms with Crippen LogP contribution in [0, 0.1) is 25.6 Å². The van der Waals surface area contributed by atoms with Crippen LogP contribution in [0.5, 0.6) is 0 Å². The molecule has 2 aliphatic rings. The second-order valence-corrected chi connectivity index (χ2v) is 9.92. The molecule has 2 aliphatic heterocycles. The molecule has 0 bridgehead atoms. The minimum absolute atomic E-state index is 0.136. The summed E-state index contributed by atoms with van der Waals surface area (Å²) in [6.07, 6.45) is 0.445. The number of amides is 4. The molecule has 4 amide bonds. The number of nitrogens with one attached hydrogen (secondary N) is 2. The highest BCUT2D eigenvalue weighted by atomic mass is 19.1. The Morgan fingerprint density at radius 3 is 2.44 bits per heavy atom. The lowest BCUT2D eigenvalue weighted by Crippen LogP contribution is -2.47. The smallest absolute Gasteiger partial charge is 0.322 e. The van der Waals surface area contributed by atoms with Crippen LogP contribution in [0.15, 0.2) is 53.7 Å². The average molecular weight is 493 g/mol. The van der Waals surface area contributed by atoms with E-state index < -0.39 is 17.9 Å². The molecule has 8 heteroatoms. The van der Waals surface area contributed by atoms with E-state index in [0.717, 1.165) is 16.7 Å². The molecule has 2 aromatic rings. The van der Waals surface area contributed by atoms with Gasteiger partial charge in [0.05, 0.1) is 23.9 Å². The van der Waals surface area contributed by atoms with E-state index in [1.54, 1.807) is 9.80 Å². The van der Waals surface area contributed by atoms with Gasteiger partial charge in [-0.2, -0.15) is 0 Å². The van der Waals surface area contributed by atoms with Crippen molar-refractivity contribution < 1.29 is 18.8 Å². The van der Waals surface area contributed by atoms with E-state index in [4.69, 9.17) is 0 Å². The van der Waals surface area contributed by atoms with Gasteiger partial charge in [0.15, 0.2) is 0 Å². The summed E-state index contributed by atoms with van der Waals surface area (Å²) in [7, 11) is 0. The number of hydrogen-bond acceptors (Lipinski definition) is 3. The number of aryl methyl sites for hydroxylation is 2. The van der Waals surface area contributed by atoms with Crippen LogP contribution >= 0.6 is 0 Å². The second kappa shape index (κ2) is 10.1. The Morgan fingerprint density at radius 1 is 1.14 bits per heavy atom. The van der Waals surface area contributed by atoms with Crippen molar-refractivity contribution in [2.24, 2.45) is 5.92 Å². The van der Waals surface area contributed by atoms with Gasteiger partial charge in [-0.1, -0.05) is 37.6 Å². The van der Waals surface area contributed by atoms with Crippen LogP contribution < -0.4 is 10.6 Å². The normalized spacial score (nSPS) is 18.5. The van der Waals surface area contributed by atoms with Crippen molar-refractivity contribution >= 4 is 23.5 Å². The molecule has 2 atom stereocenters. The van der Waals surface area contributed by atoms with Crippen molar-refractivity contribution in [3.8, 4) is 0 Å². The first-order chi connectivity index (χ1) is 17.1. The topological polar surface area (TPSA) is 81.8 Å². The Morgan fingerprint density at radius 2 is 1.83 bits per heavy atom. The fourth-order valence-corrected chi connectivity index (χ4v) is 5.06. The van der Waals surface area contributed by atoms with Crippen molar-refractivity contribution in [1.29, 1.82) is 0 Å². The average Bonchev–Trinajstić information content (AvgIpc) is 3.15. The van der Waals surface area contributed by atoms with Gasteiger partial charge in [0.25, 0.3) is 5.91 Å². The van der Waals surface area contributed by atoms with E-state index in [0.29, 0.717) is 29.9 Å². The Bertz CT molecular complexity index is 1220. The fraction of sp³-hybridized carbons (Fsp3) is 0.393. The Labute approximate surface area is 211 Å². The molecule has 0 fully saturated rings. The molecule has 2 N–H and O–H groups in total. The predicted octanol–water partition coefficient (Wildman–Crippen LogP) is 4.68. The highest BCUT2D eigenvalue weighted by Gasteiger charge is 2.47. The van der Waals surface area contributed by atoms with E-state index in [1.165, 1.54) is 24.3 Å². The molecule has 0 aliphatic carbocycles. The van der Waals surface area contributed by atoms with E-state index in [1.807, 2.05) is 52.8 Å². The number of urea groups is 1. The lowest BCUT2D eigenvalue weighted by atomic mass is 9.91. The Kier molecular flexibility index (Phi) is 7.15. The van der Waals surface area contributed by atoms with Crippen LogP contribution in [0.1, 0.15) is 49.9 Å². The van der Waals surface area contributed by atoms with Gasteiger partial charge >= 0.3 is 6.03 Å². The van der Waals surface area contributed by atoms with Crippen LogP contribution in [0.4, 0.5) is 14.9 Å². The first-order valence-electron chi connectivity index (χ1n) is 12.4. The van der Waals surface area contributed by atoms with Crippen molar-refractivity contribution in [2.75, 3.05) is 18.4 Å². The van der Waals surface area contributed by atoms with E-state index in [-0.39, 0.29) is 30.3 Å². The molecular formula is C28H33FN4O3. The summed E-state index contributed by atoms with van der Waals surface area (Å²) in [6, 6.07) is 9.89. The lowest BCUT2D eigenvalue weighted by molar-refractivity contribution is -0.134. The van der Waals surface area contributed by atoms with Gasteiger partial charge in [0.1, 0.15) is 11.9 Å². The summed E-state index contributed by atoms with van der Waals surface area (Å²) in [5.41, 5.74) is 4.54. The fourth-order valence-electron chi connectivity index (χ4n) is 5.06. The number of halogens is 1. The van der Waals surface area contributed by atoms with Gasteiger partial charge < -0.3 is 15.5 Å². The highest BCUT2D eigenvalue weighted by Crippen LogP contribution is 2.38. The summed E-state index contributed by atoms with van der Waals surface area (Å²) >= 11 is 0. The summed E-state index contributed by atoms with van der Waals surface area (Å²) < 4.78 is 13.3. The molecule has 0 spiro atoms. The first-order valence-corrected chi connectivity index (χ1v) is 12.4. The SMILES string of the molecule is CCN1C(=O)N[C@H](c2ccc(C)cc2C)C2=C1CN([C@@H](CC(C)C)C(=O)Nc1ccc(F)cc1)C2=O. The molecular weight excluding hydrogens is 459 g/mol. The lowest BCUT2D eigenvalue weighted by Gasteiger charge is -2.33. The van der Waals surface area contributed by atoms with Crippen molar-refractivity contribution in [3.63, 3.8) is 0 Å². The van der Waals surface area contributed by atoms with Crippen LogP contribution in [0.3, 0.4) is 0 Å². The third kappa shape index (κ3) is 4.85. The molecule has 2 heterocycles. The minimum atomic E-state index is -0.748. The van der Waals surface area contributed by atoms with Gasteiger partial charge in [-0.15, -0.1) is 0 Å². The molecule has 0 saturated heterocycles. The highest BCUT2D eigenvalue weighted by molar-refractivity contribution is 6.05. The minimum Gasteiger partial charge on any atom is -0.326 e.